The maximum absolute atomic E-state index is 12.1. The Labute approximate surface area is 137 Å². The summed E-state index contributed by atoms with van der Waals surface area (Å²) in [6, 6.07) is 7.88. The van der Waals surface area contributed by atoms with Gasteiger partial charge in [-0.25, -0.2) is 13.1 Å². The Morgan fingerprint density at radius 2 is 2.14 bits per heavy atom. The summed E-state index contributed by atoms with van der Waals surface area (Å²) in [6.07, 6.45) is 1.42. The molecule has 0 fully saturated rings. The highest BCUT2D eigenvalue weighted by atomic mass is 35.5. The first-order valence-corrected chi connectivity index (χ1v) is 8.84. The summed E-state index contributed by atoms with van der Waals surface area (Å²) in [5.74, 6) is -0.591. The van der Waals surface area contributed by atoms with Crippen LogP contribution in [0.4, 0.5) is 0 Å². The van der Waals surface area contributed by atoms with E-state index < -0.39 is 15.9 Å². The number of nitrogens with one attached hydrogen (secondary N) is 1. The fraction of sp³-hybridized carbons (Fsp3) is 0.0714. The van der Waals surface area contributed by atoms with E-state index in [-0.39, 0.29) is 11.3 Å². The van der Waals surface area contributed by atoms with Crippen molar-refractivity contribution in [3.63, 3.8) is 0 Å². The van der Waals surface area contributed by atoms with E-state index in [0.29, 0.717) is 5.02 Å². The monoisotopic (exact) mass is 357 g/mol. The van der Waals surface area contributed by atoms with Crippen molar-refractivity contribution in [2.45, 2.75) is 0 Å². The molecule has 0 aliphatic rings. The normalized spacial score (nSPS) is 11.5. The molecule has 1 heterocycles. The second-order valence-electron chi connectivity index (χ2n) is 4.14. The molecule has 0 aliphatic heterocycles. The minimum absolute atomic E-state index is 0.0833. The SMILES string of the molecule is COc1cc(Cl)ccc1C(=O)NS(=O)(=O)/C=C/c1cccs1. The van der Waals surface area contributed by atoms with Crippen LogP contribution in [0.15, 0.2) is 41.1 Å². The lowest BCUT2D eigenvalue weighted by Gasteiger charge is -2.08. The van der Waals surface area contributed by atoms with Crippen molar-refractivity contribution in [1.29, 1.82) is 0 Å². The van der Waals surface area contributed by atoms with Crippen molar-refractivity contribution in [1.82, 2.24) is 4.72 Å². The summed E-state index contributed by atoms with van der Waals surface area (Å²) in [5, 5.41) is 3.15. The maximum atomic E-state index is 12.1. The zero-order chi connectivity index (χ0) is 16.2. The number of carbonyl (C=O) groups excluding carboxylic acids is 1. The van der Waals surface area contributed by atoms with Gasteiger partial charge in [0.25, 0.3) is 15.9 Å². The van der Waals surface area contributed by atoms with E-state index in [1.165, 1.54) is 42.7 Å². The number of benzene rings is 1. The Kier molecular flexibility index (Phi) is 5.23. The van der Waals surface area contributed by atoms with Crippen molar-refractivity contribution in [2.24, 2.45) is 0 Å². The van der Waals surface area contributed by atoms with Gasteiger partial charge in [-0.2, -0.15) is 0 Å². The lowest BCUT2D eigenvalue weighted by Crippen LogP contribution is -2.29. The third kappa shape index (κ3) is 4.33. The molecular weight excluding hydrogens is 346 g/mol. The molecule has 0 aliphatic carbocycles. The van der Waals surface area contributed by atoms with Gasteiger partial charge in [0.15, 0.2) is 0 Å². The van der Waals surface area contributed by atoms with E-state index in [2.05, 4.69) is 0 Å². The number of hydrogen-bond acceptors (Lipinski definition) is 5. The lowest BCUT2D eigenvalue weighted by atomic mass is 10.2. The molecule has 2 rings (SSSR count). The van der Waals surface area contributed by atoms with Crippen LogP contribution in [0.5, 0.6) is 5.75 Å². The summed E-state index contributed by atoms with van der Waals surface area (Å²) in [5.41, 5.74) is 0.0833. The van der Waals surface area contributed by atoms with Crippen molar-refractivity contribution in [3.8, 4) is 5.75 Å². The van der Waals surface area contributed by atoms with Gasteiger partial charge < -0.3 is 4.74 Å². The third-order valence-electron chi connectivity index (χ3n) is 2.60. The second kappa shape index (κ2) is 6.95. The van der Waals surface area contributed by atoms with Crippen LogP contribution < -0.4 is 9.46 Å². The minimum Gasteiger partial charge on any atom is -0.496 e. The van der Waals surface area contributed by atoms with Gasteiger partial charge in [-0.15, -0.1) is 11.3 Å². The van der Waals surface area contributed by atoms with Crippen LogP contribution >= 0.6 is 22.9 Å². The minimum atomic E-state index is -3.90. The lowest BCUT2D eigenvalue weighted by molar-refractivity contribution is 0.0979. The molecule has 0 bridgehead atoms. The fourth-order valence-electron chi connectivity index (χ4n) is 1.61. The Morgan fingerprint density at radius 3 is 2.77 bits per heavy atom. The highest BCUT2D eigenvalue weighted by molar-refractivity contribution is 7.93. The van der Waals surface area contributed by atoms with E-state index in [0.717, 1.165) is 10.3 Å². The molecule has 22 heavy (non-hydrogen) atoms. The number of sulfonamides is 1. The van der Waals surface area contributed by atoms with Crippen LogP contribution in [0.1, 0.15) is 15.2 Å². The molecule has 0 spiro atoms. The predicted octanol–water partition coefficient (Wildman–Crippen LogP) is 3.14. The van der Waals surface area contributed by atoms with Crippen molar-refractivity contribution < 1.29 is 17.9 Å². The molecular formula is C14H12ClNO4S2. The largest absolute Gasteiger partial charge is 0.496 e. The number of thiophene rings is 1. The summed E-state index contributed by atoms with van der Waals surface area (Å²) in [6.45, 7) is 0. The quantitative estimate of drug-likeness (QED) is 0.892. The Balaban J connectivity index is 2.17. The van der Waals surface area contributed by atoms with Gasteiger partial charge in [0.05, 0.1) is 18.1 Å². The van der Waals surface area contributed by atoms with Gasteiger partial charge >= 0.3 is 0 Å². The van der Waals surface area contributed by atoms with Crippen LogP contribution in [0.25, 0.3) is 6.08 Å². The average Bonchev–Trinajstić information content (AvgIpc) is 2.97. The molecule has 0 saturated heterocycles. The van der Waals surface area contributed by atoms with Gasteiger partial charge in [-0.3, -0.25) is 4.79 Å². The first-order chi connectivity index (χ1) is 10.4. The van der Waals surface area contributed by atoms with Crippen LogP contribution in [-0.4, -0.2) is 21.4 Å². The molecule has 1 amide bonds. The Hall–Kier alpha value is -1.83. The number of halogens is 1. The molecule has 1 aromatic heterocycles. The van der Waals surface area contributed by atoms with Crippen molar-refractivity contribution >= 4 is 44.9 Å². The summed E-state index contributed by atoms with van der Waals surface area (Å²) in [7, 11) is -2.53. The fourth-order valence-corrected chi connectivity index (χ4v) is 3.24. The van der Waals surface area contributed by atoms with Gasteiger partial charge in [-0.05, 0) is 35.7 Å². The highest BCUT2D eigenvalue weighted by Crippen LogP contribution is 2.23. The zero-order valence-electron chi connectivity index (χ0n) is 11.4. The molecule has 0 unspecified atom stereocenters. The number of hydrogen-bond donors (Lipinski definition) is 1. The summed E-state index contributed by atoms with van der Waals surface area (Å²) < 4.78 is 30.8. The number of amides is 1. The molecule has 8 heteroatoms. The molecule has 1 N–H and O–H groups in total. The van der Waals surface area contributed by atoms with E-state index >= 15 is 0 Å². The molecule has 0 radical (unpaired) electrons. The third-order valence-corrected chi connectivity index (χ3v) is 4.63. The van der Waals surface area contributed by atoms with E-state index in [1.54, 1.807) is 12.1 Å². The van der Waals surface area contributed by atoms with Gasteiger partial charge in [0.1, 0.15) is 5.75 Å². The van der Waals surface area contributed by atoms with Gasteiger partial charge in [-0.1, -0.05) is 17.7 Å². The molecule has 2 aromatic rings. The summed E-state index contributed by atoms with van der Waals surface area (Å²) >= 11 is 7.19. The molecule has 1 aromatic carbocycles. The number of methoxy groups -OCH3 is 1. The smallest absolute Gasteiger partial charge is 0.268 e. The zero-order valence-corrected chi connectivity index (χ0v) is 13.8. The predicted molar refractivity (Wildman–Crippen MR) is 87.7 cm³/mol. The Bertz CT molecular complexity index is 798. The van der Waals surface area contributed by atoms with E-state index in [4.69, 9.17) is 16.3 Å². The number of ether oxygens (including phenoxy) is 1. The van der Waals surface area contributed by atoms with Crippen LogP contribution in [0.2, 0.25) is 5.02 Å². The van der Waals surface area contributed by atoms with E-state index in [9.17, 15) is 13.2 Å². The van der Waals surface area contributed by atoms with Gasteiger partial charge in [0.2, 0.25) is 0 Å². The molecule has 0 saturated carbocycles. The molecule has 0 atom stereocenters. The topological polar surface area (TPSA) is 72.5 Å². The maximum Gasteiger partial charge on any atom is 0.268 e. The van der Waals surface area contributed by atoms with Crippen LogP contribution in [0, 0.1) is 0 Å². The number of carbonyl (C=O) groups is 1. The number of rotatable bonds is 5. The van der Waals surface area contributed by atoms with Gasteiger partial charge in [0, 0.05) is 9.90 Å². The first kappa shape index (κ1) is 16.5. The highest BCUT2D eigenvalue weighted by Gasteiger charge is 2.17. The van der Waals surface area contributed by atoms with Crippen molar-refractivity contribution in [3.05, 3.63) is 56.6 Å². The first-order valence-electron chi connectivity index (χ1n) is 6.03. The van der Waals surface area contributed by atoms with E-state index in [1.807, 2.05) is 10.1 Å². The van der Waals surface area contributed by atoms with Crippen LogP contribution in [0.3, 0.4) is 0 Å². The Morgan fingerprint density at radius 1 is 1.36 bits per heavy atom. The standard InChI is InChI=1S/C14H12ClNO4S2/c1-20-13-9-10(15)4-5-12(13)14(17)16-22(18,19)8-6-11-3-2-7-21-11/h2-9H,1H3,(H,16,17)/b8-6+. The van der Waals surface area contributed by atoms with Crippen LogP contribution in [-0.2, 0) is 10.0 Å². The molecule has 116 valence electrons. The second-order valence-corrected chi connectivity index (χ2v) is 7.12. The summed E-state index contributed by atoms with van der Waals surface area (Å²) in [4.78, 5) is 12.8. The van der Waals surface area contributed by atoms with Crippen molar-refractivity contribution in [2.75, 3.05) is 7.11 Å². The molecule has 5 nitrogen and oxygen atoms in total. The average molecular weight is 358 g/mol.